The molecule has 0 spiro atoms. The minimum absolute atomic E-state index is 0.0962. The minimum atomic E-state index is 0.0962. The molecule has 0 amide bonds. The minimum Gasteiger partial charge on any atom is -0.359 e. The van der Waals surface area contributed by atoms with Gasteiger partial charge >= 0.3 is 0 Å². The van der Waals surface area contributed by atoms with Gasteiger partial charge in [-0.25, -0.2) is 0 Å². The number of hydrogen-bond donors (Lipinski definition) is 2. The lowest BCUT2D eigenvalue weighted by molar-refractivity contribution is 0.827. The molecule has 3 N–H and O–H groups in total. The molecule has 2 aromatic rings. The SMILES string of the molecule is Cc1cc2c(C(C)N)cccc2[nH]1. The number of nitrogens with two attached hydrogens (primary N) is 1. The number of H-pyrrole nitrogens is 1. The molecular weight excluding hydrogens is 160 g/mol. The van der Waals surface area contributed by atoms with Gasteiger partial charge in [-0.1, -0.05) is 12.1 Å². The predicted molar refractivity (Wildman–Crippen MR) is 55.6 cm³/mol. The number of aromatic nitrogens is 1. The summed E-state index contributed by atoms with van der Waals surface area (Å²) in [5, 5.41) is 1.25. The molecule has 0 radical (unpaired) electrons. The lowest BCUT2D eigenvalue weighted by Gasteiger charge is -2.06. The third kappa shape index (κ3) is 1.33. The van der Waals surface area contributed by atoms with Gasteiger partial charge in [0.05, 0.1) is 0 Å². The van der Waals surface area contributed by atoms with Gasteiger partial charge in [0.25, 0.3) is 0 Å². The van der Waals surface area contributed by atoms with Crippen molar-refractivity contribution in [2.75, 3.05) is 0 Å². The van der Waals surface area contributed by atoms with Crippen molar-refractivity contribution >= 4 is 10.9 Å². The van der Waals surface area contributed by atoms with Crippen molar-refractivity contribution in [3.8, 4) is 0 Å². The Balaban J connectivity index is 2.75. The molecule has 0 saturated heterocycles. The highest BCUT2D eigenvalue weighted by molar-refractivity contribution is 5.84. The van der Waals surface area contributed by atoms with Crippen molar-refractivity contribution < 1.29 is 0 Å². The molecule has 0 saturated carbocycles. The maximum Gasteiger partial charge on any atom is 0.0459 e. The molecule has 68 valence electrons. The first-order chi connectivity index (χ1) is 6.18. The Morgan fingerprint density at radius 2 is 2.15 bits per heavy atom. The van der Waals surface area contributed by atoms with Gasteiger partial charge in [0, 0.05) is 22.6 Å². The Kier molecular flexibility index (Phi) is 1.85. The average molecular weight is 174 g/mol. The van der Waals surface area contributed by atoms with Crippen LogP contribution in [0.3, 0.4) is 0 Å². The van der Waals surface area contributed by atoms with Crippen molar-refractivity contribution in [2.45, 2.75) is 19.9 Å². The number of fused-ring (bicyclic) bond motifs is 1. The maximum absolute atomic E-state index is 5.88. The van der Waals surface area contributed by atoms with Gasteiger partial charge in [-0.15, -0.1) is 0 Å². The third-order valence-electron chi connectivity index (χ3n) is 2.32. The first kappa shape index (κ1) is 8.32. The van der Waals surface area contributed by atoms with Crippen LogP contribution in [0, 0.1) is 6.92 Å². The topological polar surface area (TPSA) is 41.8 Å². The van der Waals surface area contributed by atoms with Gasteiger partial charge in [-0.05, 0) is 31.5 Å². The standard InChI is InChI=1S/C11H14N2/c1-7-6-10-9(8(2)12)4-3-5-11(10)13-7/h3-6,8,13H,12H2,1-2H3. The highest BCUT2D eigenvalue weighted by atomic mass is 14.7. The zero-order valence-electron chi connectivity index (χ0n) is 7.96. The number of benzene rings is 1. The van der Waals surface area contributed by atoms with Crippen LogP contribution in [0.15, 0.2) is 24.3 Å². The molecule has 0 bridgehead atoms. The van der Waals surface area contributed by atoms with E-state index in [-0.39, 0.29) is 6.04 Å². The summed E-state index contributed by atoms with van der Waals surface area (Å²) in [6.07, 6.45) is 0. The van der Waals surface area contributed by atoms with Crippen molar-refractivity contribution in [3.05, 3.63) is 35.5 Å². The molecular formula is C11H14N2. The summed E-state index contributed by atoms with van der Waals surface area (Å²) in [5.74, 6) is 0. The van der Waals surface area contributed by atoms with Gasteiger partial charge in [0.1, 0.15) is 0 Å². The molecule has 1 aromatic heterocycles. The molecule has 0 fully saturated rings. The van der Waals surface area contributed by atoms with Crippen LogP contribution in [-0.2, 0) is 0 Å². The lowest BCUT2D eigenvalue weighted by atomic mass is 10.0. The average Bonchev–Trinajstić information content (AvgIpc) is 2.43. The van der Waals surface area contributed by atoms with Crippen LogP contribution in [0.25, 0.3) is 10.9 Å². The van der Waals surface area contributed by atoms with Crippen LogP contribution in [0.1, 0.15) is 24.2 Å². The van der Waals surface area contributed by atoms with E-state index in [1.807, 2.05) is 13.0 Å². The van der Waals surface area contributed by atoms with Crippen molar-refractivity contribution in [1.29, 1.82) is 0 Å². The summed E-state index contributed by atoms with van der Waals surface area (Å²) < 4.78 is 0. The van der Waals surface area contributed by atoms with E-state index in [0.29, 0.717) is 0 Å². The Labute approximate surface area is 77.8 Å². The number of rotatable bonds is 1. The third-order valence-corrected chi connectivity index (χ3v) is 2.32. The van der Waals surface area contributed by atoms with Crippen molar-refractivity contribution in [3.63, 3.8) is 0 Å². The van der Waals surface area contributed by atoms with E-state index in [1.54, 1.807) is 0 Å². The monoisotopic (exact) mass is 174 g/mol. The number of hydrogen-bond acceptors (Lipinski definition) is 1. The van der Waals surface area contributed by atoms with Crippen LogP contribution in [0.4, 0.5) is 0 Å². The van der Waals surface area contributed by atoms with E-state index < -0.39 is 0 Å². The molecule has 13 heavy (non-hydrogen) atoms. The van der Waals surface area contributed by atoms with Gasteiger partial charge in [0.2, 0.25) is 0 Å². The van der Waals surface area contributed by atoms with Gasteiger partial charge in [-0.3, -0.25) is 0 Å². The molecule has 2 heteroatoms. The van der Waals surface area contributed by atoms with Crippen molar-refractivity contribution in [1.82, 2.24) is 4.98 Å². The van der Waals surface area contributed by atoms with E-state index in [9.17, 15) is 0 Å². The summed E-state index contributed by atoms with van der Waals surface area (Å²) in [5.41, 5.74) is 9.44. The molecule has 2 rings (SSSR count). The van der Waals surface area contributed by atoms with Crippen LogP contribution in [0.2, 0.25) is 0 Å². The highest BCUT2D eigenvalue weighted by Gasteiger charge is 2.05. The number of aryl methyl sites for hydroxylation is 1. The Bertz CT molecular complexity index is 427. The summed E-state index contributed by atoms with van der Waals surface area (Å²) in [7, 11) is 0. The lowest BCUT2D eigenvalue weighted by Crippen LogP contribution is -2.04. The zero-order valence-corrected chi connectivity index (χ0v) is 7.96. The second-order valence-electron chi connectivity index (χ2n) is 3.55. The first-order valence-corrected chi connectivity index (χ1v) is 4.52. The Morgan fingerprint density at radius 1 is 1.38 bits per heavy atom. The van der Waals surface area contributed by atoms with E-state index in [0.717, 1.165) is 0 Å². The molecule has 0 aliphatic heterocycles. The van der Waals surface area contributed by atoms with E-state index in [2.05, 4.69) is 30.1 Å². The molecule has 0 aliphatic carbocycles. The summed E-state index contributed by atoms with van der Waals surface area (Å²) in [6.45, 7) is 4.07. The zero-order chi connectivity index (χ0) is 9.42. The number of aromatic amines is 1. The van der Waals surface area contributed by atoms with E-state index in [1.165, 1.54) is 22.2 Å². The molecule has 1 atom stereocenters. The summed E-state index contributed by atoms with van der Waals surface area (Å²) in [4.78, 5) is 3.30. The second kappa shape index (κ2) is 2.89. The largest absolute Gasteiger partial charge is 0.359 e. The van der Waals surface area contributed by atoms with Crippen LogP contribution >= 0.6 is 0 Å². The van der Waals surface area contributed by atoms with E-state index in [4.69, 9.17) is 5.73 Å². The molecule has 1 unspecified atom stereocenters. The predicted octanol–water partition coefficient (Wildman–Crippen LogP) is 2.50. The fourth-order valence-corrected chi connectivity index (χ4v) is 1.72. The normalized spacial score (nSPS) is 13.5. The van der Waals surface area contributed by atoms with Gasteiger partial charge < -0.3 is 10.7 Å². The van der Waals surface area contributed by atoms with Gasteiger partial charge in [0.15, 0.2) is 0 Å². The Hall–Kier alpha value is -1.28. The summed E-state index contributed by atoms with van der Waals surface area (Å²) in [6, 6.07) is 8.44. The quantitative estimate of drug-likeness (QED) is 0.685. The van der Waals surface area contributed by atoms with Crippen molar-refractivity contribution in [2.24, 2.45) is 5.73 Å². The van der Waals surface area contributed by atoms with Gasteiger partial charge in [-0.2, -0.15) is 0 Å². The smallest absolute Gasteiger partial charge is 0.0459 e. The first-order valence-electron chi connectivity index (χ1n) is 4.52. The van der Waals surface area contributed by atoms with Crippen LogP contribution in [0.5, 0.6) is 0 Å². The fourth-order valence-electron chi connectivity index (χ4n) is 1.72. The van der Waals surface area contributed by atoms with E-state index >= 15 is 0 Å². The van der Waals surface area contributed by atoms with Crippen LogP contribution in [-0.4, -0.2) is 4.98 Å². The molecule has 2 nitrogen and oxygen atoms in total. The number of nitrogens with one attached hydrogen (secondary N) is 1. The molecule has 0 aliphatic rings. The summed E-state index contributed by atoms with van der Waals surface area (Å²) >= 11 is 0. The highest BCUT2D eigenvalue weighted by Crippen LogP contribution is 2.23. The Morgan fingerprint density at radius 3 is 2.85 bits per heavy atom. The fraction of sp³-hybridized carbons (Fsp3) is 0.273. The molecule has 1 heterocycles. The second-order valence-corrected chi connectivity index (χ2v) is 3.55. The maximum atomic E-state index is 5.88. The molecule has 1 aromatic carbocycles. The van der Waals surface area contributed by atoms with Crippen LogP contribution < -0.4 is 5.73 Å².